The summed E-state index contributed by atoms with van der Waals surface area (Å²) < 4.78 is 2.14. The molecule has 4 heteroatoms. The number of fused-ring (bicyclic) bond motifs is 1. The van der Waals surface area contributed by atoms with Gasteiger partial charge in [0.25, 0.3) is 0 Å². The van der Waals surface area contributed by atoms with Crippen LogP contribution in [0.4, 0.5) is 0 Å². The van der Waals surface area contributed by atoms with Gasteiger partial charge in [-0.15, -0.1) is 0 Å². The maximum atomic E-state index is 11.4. The average Bonchev–Trinajstić information content (AvgIpc) is 3.22. The van der Waals surface area contributed by atoms with Gasteiger partial charge in [0.1, 0.15) is 0 Å². The first kappa shape index (κ1) is 14.9. The third-order valence-corrected chi connectivity index (χ3v) is 5.20. The van der Waals surface area contributed by atoms with Crippen LogP contribution in [0, 0.1) is 0 Å². The number of nitrogens with zero attached hydrogens (tertiary/aromatic N) is 2. The van der Waals surface area contributed by atoms with Crippen molar-refractivity contribution in [2.45, 2.75) is 31.6 Å². The monoisotopic (exact) mass is 320 g/mol. The number of pyridine rings is 1. The van der Waals surface area contributed by atoms with Crippen molar-refractivity contribution in [1.29, 1.82) is 0 Å². The highest BCUT2D eigenvalue weighted by atomic mass is 16.4. The van der Waals surface area contributed by atoms with E-state index < -0.39 is 5.97 Å². The number of aromatic carboxylic acids is 1. The fourth-order valence-corrected chi connectivity index (χ4v) is 4.09. The molecule has 0 spiro atoms. The van der Waals surface area contributed by atoms with E-state index in [2.05, 4.69) is 9.55 Å². The number of hydrogen-bond donors (Lipinski definition) is 1. The lowest BCUT2D eigenvalue weighted by Crippen LogP contribution is -1.98. The van der Waals surface area contributed by atoms with Crippen LogP contribution in [0.25, 0.3) is 22.2 Å². The van der Waals surface area contributed by atoms with Crippen molar-refractivity contribution in [3.63, 3.8) is 0 Å². The summed E-state index contributed by atoms with van der Waals surface area (Å²) in [5, 5.41) is 10.5. The highest BCUT2D eigenvalue weighted by molar-refractivity contribution is 5.98. The molecule has 1 N–H and O–H groups in total. The molecule has 0 radical (unpaired) electrons. The molecule has 0 bridgehead atoms. The predicted octanol–water partition coefficient (Wildman–Crippen LogP) is 4.60. The van der Waals surface area contributed by atoms with Crippen LogP contribution in [0.3, 0.4) is 0 Å². The molecule has 1 fully saturated rings. The van der Waals surface area contributed by atoms with Gasteiger partial charge in [-0.3, -0.25) is 4.98 Å². The second-order valence-corrected chi connectivity index (χ2v) is 6.58. The fourth-order valence-electron chi connectivity index (χ4n) is 4.09. The molecule has 2 aromatic heterocycles. The Morgan fingerprint density at radius 1 is 1.17 bits per heavy atom. The summed E-state index contributed by atoms with van der Waals surface area (Å²) in [7, 11) is 2.03. The molecule has 122 valence electrons. The van der Waals surface area contributed by atoms with Crippen LogP contribution < -0.4 is 0 Å². The summed E-state index contributed by atoms with van der Waals surface area (Å²) >= 11 is 0. The molecule has 1 aliphatic carbocycles. The van der Waals surface area contributed by atoms with E-state index in [0.29, 0.717) is 11.5 Å². The third-order valence-electron chi connectivity index (χ3n) is 5.20. The van der Waals surface area contributed by atoms with Crippen molar-refractivity contribution in [2.24, 2.45) is 7.05 Å². The van der Waals surface area contributed by atoms with Crippen LogP contribution in [0.5, 0.6) is 0 Å². The molecular weight excluding hydrogens is 300 g/mol. The molecule has 1 aromatic carbocycles. The number of aryl methyl sites for hydroxylation is 1. The van der Waals surface area contributed by atoms with Crippen molar-refractivity contribution in [2.75, 3.05) is 0 Å². The second kappa shape index (κ2) is 5.78. The zero-order chi connectivity index (χ0) is 16.7. The zero-order valence-corrected chi connectivity index (χ0v) is 13.7. The maximum Gasteiger partial charge on any atom is 0.335 e. The Labute approximate surface area is 140 Å². The quantitative estimate of drug-likeness (QED) is 0.767. The molecule has 4 rings (SSSR count). The highest BCUT2D eigenvalue weighted by Crippen LogP contribution is 2.44. The first-order valence-corrected chi connectivity index (χ1v) is 8.43. The second-order valence-electron chi connectivity index (χ2n) is 6.58. The first-order valence-electron chi connectivity index (χ1n) is 8.43. The van der Waals surface area contributed by atoms with E-state index in [9.17, 15) is 9.90 Å². The zero-order valence-electron chi connectivity index (χ0n) is 13.7. The van der Waals surface area contributed by atoms with Crippen LogP contribution in [0.1, 0.15) is 47.5 Å². The van der Waals surface area contributed by atoms with E-state index >= 15 is 0 Å². The number of hydrogen-bond acceptors (Lipinski definition) is 2. The number of carbonyl (C=O) groups is 1. The normalized spacial score (nSPS) is 15.2. The lowest BCUT2D eigenvalue weighted by molar-refractivity contribution is 0.0697. The lowest BCUT2D eigenvalue weighted by atomic mass is 9.92. The molecule has 0 unspecified atom stereocenters. The summed E-state index contributed by atoms with van der Waals surface area (Å²) in [6, 6.07) is 9.56. The van der Waals surface area contributed by atoms with Crippen LogP contribution in [-0.2, 0) is 7.05 Å². The fraction of sp³-hybridized carbons (Fsp3) is 0.300. The van der Waals surface area contributed by atoms with Gasteiger partial charge in [-0.1, -0.05) is 18.9 Å². The van der Waals surface area contributed by atoms with Crippen molar-refractivity contribution in [3.05, 3.63) is 53.9 Å². The Morgan fingerprint density at radius 2 is 1.88 bits per heavy atom. The minimum atomic E-state index is -0.883. The van der Waals surface area contributed by atoms with Gasteiger partial charge in [0.05, 0.1) is 11.3 Å². The van der Waals surface area contributed by atoms with E-state index in [1.807, 2.05) is 37.6 Å². The Hall–Kier alpha value is -2.62. The third kappa shape index (κ3) is 2.30. The minimum absolute atomic E-state index is 0.336. The summed E-state index contributed by atoms with van der Waals surface area (Å²) in [6.45, 7) is 0. The number of benzene rings is 1. The van der Waals surface area contributed by atoms with Gasteiger partial charge >= 0.3 is 5.97 Å². The van der Waals surface area contributed by atoms with Crippen molar-refractivity contribution in [1.82, 2.24) is 9.55 Å². The Bertz CT molecular complexity index is 906. The van der Waals surface area contributed by atoms with Crippen molar-refractivity contribution >= 4 is 16.9 Å². The molecule has 1 aliphatic rings. The van der Waals surface area contributed by atoms with Gasteiger partial charge in [0.15, 0.2) is 0 Å². The molecule has 1 saturated carbocycles. The summed E-state index contributed by atoms with van der Waals surface area (Å²) in [5.74, 6) is -0.335. The number of aromatic nitrogens is 2. The topological polar surface area (TPSA) is 55.1 Å². The molecule has 2 heterocycles. The van der Waals surface area contributed by atoms with Crippen molar-refractivity contribution < 1.29 is 9.90 Å². The van der Waals surface area contributed by atoms with Gasteiger partial charge < -0.3 is 9.67 Å². The maximum absolute atomic E-state index is 11.4. The van der Waals surface area contributed by atoms with E-state index in [1.165, 1.54) is 42.3 Å². The predicted molar refractivity (Wildman–Crippen MR) is 94.3 cm³/mol. The molecule has 0 amide bonds. The molecule has 0 saturated heterocycles. The summed E-state index contributed by atoms with van der Waals surface area (Å²) in [4.78, 5) is 15.5. The smallest absolute Gasteiger partial charge is 0.335 e. The van der Waals surface area contributed by atoms with Crippen molar-refractivity contribution in [3.8, 4) is 11.3 Å². The molecule has 4 nitrogen and oxygen atoms in total. The van der Waals surface area contributed by atoms with E-state index in [1.54, 1.807) is 12.1 Å². The van der Waals surface area contributed by atoms with Crippen LogP contribution in [-0.4, -0.2) is 20.6 Å². The van der Waals surface area contributed by atoms with E-state index in [0.717, 1.165) is 11.1 Å². The Kier molecular flexibility index (Phi) is 3.60. The van der Waals surface area contributed by atoms with Gasteiger partial charge in [-0.25, -0.2) is 4.79 Å². The highest BCUT2D eigenvalue weighted by Gasteiger charge is 2.26. The number of rotatable bonds is 3. The van der Waals surface area contributed by atoms with Gasteiger partial charge in [-0.2, -0.15) is 0 Å². The van der Waals surface area contributed by atoms with Gasteiger partial charge in [0, 0.05) is 35.9 Å². The van der Waals surface area contributed by atoms with E-state index in [4.69, 9.17) is 0 Å². The van der Waals surface area contributed by atoms with Crippen LogP contribution in [0.2, 0.25) is 0 Å². The van der Waals surface area contributed by atoms with Gasteiger partial charge in [0.2, 0.25) is 0 Å². The Balaban J connectivity index is 2.03. The number of carboxylic acid groups (broad SMARTS) is 1. The Morgan fingerprint density at radius 3 is 2.54 bits per heavy atom. The standard InChI is InChI=1S/C20H20N2O2/c1-22-17-12-15(20(23)24)6-7-16(17)18(13-4-2-3-5-13)19(22)14-8-10-21-11-9-14/h6-13H,2-5H2,1H3,(H,23,24). The van der Waals surface area contributed by atoms with E-state index in [-0.39, 0.29) is 0 Å². The largest absolute Gasteiger partial charge is 0.478 e. The SMILES string of the molecule is Cn1c(-c2ccncc2)c(C2CCCC2)c2ccc(C(=O)O)cc21. The minimum Gasteiger partial charge on any atom is -0.478 e. The van der Waals surface area contributed by atoms with Gasteiger partial charge in [-0.05, 0) is 48.6 Å². The van der Waals surface area contributed by atoms with Crippen LogP contribution >= 0.6 is 0 Å². The molecule has 24 heavy (non-hydrogen) atoms. The van der Waals surface area contributed by atoms with Crippen LogP contribution in [0.15, 0.2) is 42.7 Å². The molecule has 3 aromatic rings. The molecular formula is C20H20N2O2. The first-order chi connectivity index (χ1) is 11.7. The lowest BCUT2D eigenvalue weighted by Gasteiger charge is -2.13. The summed E-state index contributed by atoms with van der Waals surface area (Å²) in [6.07, 6.45) is 8.58. The molecule has 0 atom stereocenters. The summed E-state index contributed by atoms with van der Waals surface area (Å²) in [5.41, 5.74) is 5.03. The average molecular weight is 320 g/mol. The number of carboxylic acids is 1. The molecule has 0 aliphatic heterocycles.